The van der Waals surface area contributed by atoms with E-state index >= 15 is 0 Å². The van der Waals surface area contributed by atoms with Crippen LogP contribution < -0.4 is 0 Å². The first kappa shape index (κ1) is 19.7. The van der Waals surface area contributed by atoms with Crippen molar-refractivity contribution in [1.29, 1.82) is 0 Å². The van der Waals surface area contributed by atoms with Crippen LogP contribution in [0, 0.1) is 24.4 Å². The molecule has 0 saturated heterocycles. The zero-order valence-corrected chi connectivity index (χ0v) is 14.6. The van der Waals surface area contributed by atoms with Crippen molar-refractivity contribution >= 4 is 6.08 Å². The second-order valence-corrected chi connectivity index (χ2v) is 6.29. The summed E-state index contributed by atoms with van der Waals surface area (Å²) in [5.74, 6) is -2.60. The second-order valence-electron chi connectivity index (χ2n) is 6.29. The fraction of sp³-hybridized carbons (Fsp3) is 0.0909. The Morgan fingerprint density at radius 3 is 1.79 bits per heavy atom. The summed E-state index contributed by atoms with van der Waals surface area (Å²) in [4.78, 5) is 0. The molecule has 3 rings (SSSR count). The van der Waals surface area contributed by atoms with E-state index in [1.807, 2.05) is 0 Å². The van der Waals surface area contributed by atoms with E-state index in [0.717, 1.165) is 17.7 Å². The van der Waals surface area contributed by atoms with Crippen LogP contribution in [0.4, 0.5) is 26.3 Å². The van der Waals surface area contributed by atoms with Crippen LogP contribution in [-0.2, 0) is 0 Å². The Balaban J connectivity index is 1.93. The van der Waals surface area contributed by atoms with E-state index in [1.54, 1.807) is 43.3 Å². The summed E-state index contributed by atoms with van der Waals surface area (Å²) < 4.78 is 78.9. The number of hydrogen-bond acceptors (Lipinski definition) is 0. The summed E-state index contributed by atoms with van der Waals surface area (Å²) in [7, 11) is 0. The van der Waals surface area contributed by atoms with Crippen molar-refractivity contribution in [3.05, 3.63) is 89.3 Å². The summed E-state index contributed by atoms with van der Waals surface area (Å²) in [5.41, 5.74) is 1.60. The molecule has 0 bridgehead atoms. The van der Waals surface area contributed by atoms with E-state index < -0.39 is 23.4 Å². The molecular formula is C22H14F6. The topological polar surface area (TPSA) is 0 Å². The van der Waals surface area contributed by atoms with Crippen LogP contribution in [0.15, 0.2) is 60.7 Å². The van der Waals surface area contributed by atoms with Gasteiger partial charge in [0.05, 0.1) is 0 Å². The molecule has 0 aliphatic rings. The Hall–Kier alpha value is -3.02. The van der Waals surface area contributed by atoms with Gasteiger partial charge in [-0.3, -0.25) is 0 Å². The molecule has 0 aliphatic heterocycles. The zero-order chi connectivity index (χ0) is 20.5. The summed E-state index contributed by atoms with van der Waals surface area (Å²) in [5, 5.41) is 0. The minimum atomic E-state index is -4.67. The third kappa shape index (κ3) is 4.44. The minimum Gasteiger partial charge on any atom is -0.206 e. The Labute approximate surface area is 157 Å². The number of hydrogen-bond donors (Lipinski definition) is 0. The first-order chi connectivity index (χ1) is 13.1. The third-order valence-corrected chi connectivity index (χ3v) is 4.17. The molecule has 0 unspecified atom stereocenters. The maximum Gasteiger partial charge on any atom is 0.409 e. The van der Waals surface area contributed by atoms with Gasteiger partial charge in [0, 0.05) is 17.2 Å². The molecule has 3 aromatic carbocycles. The van der Waals surface area contributed by atoms with Crippen molar-refractivity contribution in [3.8, 4) is 22.3 Å². The van der Waals surface area contributed by atoms with Crippen molar-refractivity contribution in [3.63, 3.8) is 0 Å². The van der Waals surface area contributed by atoms with Gasteiger partial charge < -0.3 is 0 Å². The van der Waals surface area contributed by atoms with Crippen LogP contribution in [0.25, 0.3) is 28.3 Å². The molecule has 0 nitrogen and oxygen atoms in total. The van der Waals surface area contributed by atoms with Crippen LogP contribution in [-0.4, -0.2) is 6.18 Å². The molecule has 0 saturated carbocycles. The Bertz CT molecular complexity index is 1010. The molecule has 0 aromatic heterocycles. The number of halogens is 6. The summed E-state index contributed by atoms with van der Waals surface area (Å²) in [6, 6.07) is 13.1. The van der Waals surface area contributed by atoms with E-state index in [2.05, 4.69) is 0 Å². The van der Waals surface area contributed by atoms with Crippen molar-refractivity contribution in [1.82, 2.24) is 0 Å². The lowest BCUT2D eigenvalue weighted by molar-refractivity contribution is -0.0790. The molecule has 0 spiro atoms. The highest BCUT2D eigenvalue weighted by atomic mass is 19.4. The van der Waals surface area contributed by atoms with Gasteiger partial charge >= 0.3 is 6.18 Å². The molecule has 0 amide bonds. The lowest BCUT2D eigenvalue weighted by Gasteiger charge is -2.09. The molecular weight excluding hydrogens is 378 g/mol. The van der Waals surface area contributed by atoms with Gasteiger partial charge in [-0.25, -0.2) is 13.2 Å². The number of rotatable bonds is 3. The maximum absolute atomic E-state index is 14.1. The molecule has 0 fully saturated rings. The van der Waals surface area contributed by atoms with E-state index in [1.165, 1.54) is 6.07 Å². The van der Waals surface area contributed by atoms with Crippen LogP contribution in [0.5, 0.6) is 0 Å². The van der Waals surface area contributed by atoms with Crippen LogP contribution in [0.1, 0.15) is 11.1 Å². The summed E-state index contributed by atoms with van der Waals surface area (Å²) in [6.45, 7) is 1.77. The number of aryl methyl sites for hydroxylation is 1. The Morgan fingerprint density at radius 2 is 1.25 bits per heavy atom. The average molecular weight is 392 g/mol. The van der Waals surface area contributed by atoms with Gasteiger partial charge in [0.25, 0.3) is 0 Å². The molecule has 6 heteroatoms. The summed E-state index contributed by atoms with van der Waals surface area (Å²) >= 11 is 0. The predicted octanol–water partition coefficient (Wildman–Crippen LogP) is 7.32. The van der Waals surface area contributed by atoms with Gasteiger partial charge in [-0.05, 0) is 53.5 Å². The van der Waals surface area contributed by atoms with Crippen LogP contribution in [0.2, 0.25) is 0 Å². The fourth-order valence-electron chi connectivity index (χ4n) is 2.78. The summed E-state index contributed by atoms with van der Waals surface area (Å²) in [6.07, 6.45) is -4.53. The molecule has 0 heterocycles. The first-order valence-corrected chi connectivity index (χ1v) is 8.26. The van der Waals surface area contributed by atoms with Crippen molar-refractivity contribution in [2.45, 2.75) is 13.1 Å². The highest BCUT2D eigenvalue weighted by Crippen LogP contribution is 2.30. The highest BCUT2D eigenvalue weighted by molar-refractivity contribution is 5.72. The van der Waals surface area contributed by atoms with Gasteiger partial charge in [-0.1, -0.05) is 36.4 Å². The van der Waals surface area contributed by atoms with Gasteiger partial charge in [-0.2, -0.15) is 13.2 Å². The van der Waals surface area contributed by atoms with E-state index in [-0.39, 0.29) is 17.5 Å². The quantitative estimate of drug-likeness (QED) is 0.410. The number of alkyl halides is 3. The molecule has 0 N–H and O–H groups in total. The monoisotopic (exact) mass is 392 g/mol. The normalized spacial score (nSPS) is 12.0. The smallest absolute Gasteiger partial charge is 0.206 e. The average Bonchev–Trinajstić information content (AvgIpc) is 2.60. The van der Waals surface area contributed by atoms with Gasteiger partial charge in [0.15, 0.2) is 0 Å². The highest BCUT2D eigenvalue weighted by Gasteiger charge is 2.23. The first-order valence-electron chi connectivity index (χ1n) is 8.26. The lowest BCUT2D eigenvalue weighted by Crippen LogP contribution is -2.01. The molecule has 144 valence electrons. The molecule has 28 heavy (non-hydrogen) atoms. The lowest BCUT2D eigenvalue weighted by atomic mass is 9.98. The van der Waals surface area contributed by atoms with E-state index in [4.69, 9.17) is 0 Å². The van der Waals surface area contributed by atoms with Gasteiger partial charge in [0.1, 0.15) is 17.5 Å². The van der Waals surface area contributed by atoms with Crippen LogP contribution in [0.3, 0.4) is 0 Å². The van der Waals surface area contributed by atoms with Crippen molar-refractivity contribution in [2.24, 2.45) is 0 Å². The van der Waals surface area contributed by atoms with E-state index in [0.29, 0.717) is 22.8 Å². The second kappa shape index (κ2) is 7.54. The molecule has 0 atom stereocenters. The van der Waals surface area contributed by atoms with Crippen molar-refractivity contribution in [2.75, 3.05) is 0 Å². The molecule has 0 aliphatic carbocycles. The van der Waals surface area contributed by atoms with Crippen LogP contribution >= 0.6 is 0 Å². The Morgan fingerprint density at radius 1 is 0.679 bits per heavy atom. The number of allylic oxidation sites excluding steroid dienone is 1. The fourth-order valence-corrected chi connectivity index (χ4v) is 2.78. The molecule has 3 aromatic rings. The van der Waals surface area contributed by atoms with Crippen molar-refractivity contribution < 1.29 is 26.3 Å². The number of benzene rings is 3. The SMILES string of the molecule is Cc1ccc(-c2ccc(-c3cc(F)c(/C=C/C(F)(F)F)c(F)c3)cc2)c(F)c1. The molecule has 0 radical (unpaired) electrons. The maximum atomic E-state index is 14.1. The Kier molecular flexibility index (Phi) is 5.31. The zero-order valence-electron chi connectivity index (χ0n) is 14.6. The minimum absolute atomic E-state index is 0.162. The van der Waals surface area contributed by atoms with Gasteiger partial charge in [0.2, 0.25) is 0 Å². The largest absolute Gasteiger partial charge is 0.409 e. The van der Waals surface area contributed by atoms with Gasteiger partial charge in [-0.15, -0.1) is 0 Å². The third-order valence-electron chi connectivity index (χ3n) is 4.17. The standard InChI is InChI=1S/C22H14F6/c1-13-2-7-17(19(23)10-13)15-5-3-14(4-6-15)16-11-20(24)18(21(25)12-16)8-9-22(26,27)28/h2-12H,1H3/b9-8+. The predicted molar refractivity (Wildman–Crippen MR) is 97.0 cm³/mol. The van der Waals surface area contributed by atoms with E-state index in [9.17, 15) is 26.3 Å².